The molecule has 0 spiro atoms. The summed E-state index contributed by atoms with van der Waals surface area (Å²) in [5.74, 6) is 1.85. The molecule has 2 aromatic heterocycles. The van der Waals surface area contributed by atoms with Gasteiger partial charge in [0.25, 0.3) is 5.56 Å². The zero-order chi connectivity index (χ0) is 24.0. The number of benzene rings is 2. The van der Waals surface area contributed by atoms with Crippen molar-refractivity contribution in [2.75, 3.05) is 19.7 Å². The zero-order valence-electron chi connectivity index (χ0n) is 19.2. The number of hydrogen-bond acceptors (Lipinski definition) is 6. The van der Waals surface area contributed by atoms with Crippen LogP contribution in [0.5, 0.6) is 5.75 Å². The third kappa shape index (κ3) is 5.93. The molecule has 4 aromatic rings. The van der Waals surface area contributed by atoms with E-state index in [0.29, 0.717) is 41.4 Å². The highest BCUT2D eigenvalue weighted by atomic mass is 35.5. The lowest BCUT2D eigenvalue weighted by Crippen LogP contribution is -2.30. The molecular weight excluding hydrogens is 462 g/mol. The Morgan fingerprint density at radius 3 is 2.54 bits per heavy atom. The molecule has 0 aliphatic carbocycles. The van der Waals surface area contributed by atoms with Gasteiger partial charge in [-0.15, -0.1) is 0 Å². The predicted molar refractivity (Wildman–Crippen MR) is 137 cm³/mol. The van der Waals surface area contributed by atoms with Gasteiger partial charge in [-0.2, -0.15) is 5.10 Å². The number of nitrogens with one attached hydrogen (secondary N) is 1. The number of piperidine rings is 1. The van der Waals surface area contributed by atoms with Crippen LogP contribution in [0.25, 0.3) is 22.6 Å². The van der Waals surface area contributed by atoms with Crippen molar-refractivity contribution in [2.24, 2.45) is 5.92 Å². The maximum atomic E-state index is 12.5. The monoisotopic (exact) mass is 487 g/mol. The van der Waals surface area contributed by atoms with Gasteiger partial charge >= 0.3 is 0 Å². The van der Waals surface area contributed by atoms with E-state index >= 15 is 0 Å². The zero-order valence-corrected chi connectivity index (χ0v) is 20.0. The van der Waals surface area contributed by atoms with E-state index in [9.17, 15) is 4.79 Å². The standard InChI is InChI=1S/C27H26ClN5O2/c28-23-6-2-4-21(14-23)25-7-8-26(34)33(32-25)17-20-3-1-5-22(13-20)27-30-15-24(16-31-27)35-18-19-9-11-29-12-10-19/h1-8,13-16,19,29H,9-12,17-18H2. The van der Waals surface area contributed by atoms with Gasteiger partial charge in [-0.3, -0.25) is 4.79 Å². The summed E-state index contributed by atoms with van der Waals surface area (Å²) in [5.41, 5.74) is 3.16. The number of ether oxygens (including phenoxy) is 1. The van der Waals surface area contributed by atoms with Crippen LogP contribution < -0.4 is 15.6 Å². The minimum Gasteiger partial charge on any atom is -0.490 e. The average molecular weight is 488 g/mol. The predicted octanol–water partition coefficient (Wildman–Crippen LogP) is 4.45. The first kappa shape index (κ1) is 23.2. The third-order valence-corrected chi connectivity index (χ3v) is 6.31. The SMILES string of the molecule is O=c1ccc(-c2cccc(Cl)c2)nn1Cc1cccc(-c2ncc(OCC3CCNCC3)cn2)c1. The molecule has 1 aliphatic heterocycles. The first-order chi connectivity index (χ1) is 17.1. The minimum absolute atomic E-state index is 0.173. The van der Waals surface area contributed by atoms with Gasteiger partial charge in [-0.1, -0.05) is 41.9 Å². The molecule has 0 amide bonds. The minimum atomic E-state index is -0.173. The molecule has 1 fully saturated rings. The molecule has 7 nitrogen and oxygen atoms in total. The normalized spacial score (nSPS) is 14.1. The average Bonchev–Trinajstić information content (AvgIpc) is 2.90. The third-order valence-electron chi connectivity index (χ3n) is 6.08. The molecule has 0 bridgehead atoms. The van der Waals surface area contributed by atoms with Crippen LogP contribution in [-0.2, 0) is 6.54 Å². The molecule has 2 aromatic carbocycles. The smallest absolute Gasteiger partial charge is 0.267 e. The quantitative estimate of drug-likeness (QED) is 0.415. The van der Waals surface area contributed by atoms with Crippen molar-refractivity contribution in [2.45, 2.75) is 19.4 Å². The van der Waals surface area contributed by atoms with Gasteiger partial charge in [-0.25, -0.2) is 14.6 Å². The summed E-state index contributed by atoms with van der Waals surface area (Å²) in [4.78, 5) is 21.5. The molecule has 0 saturated carbocycles. The van der Waals surface area contributed by atoms with E-state index in [1.54, 1.807) is 18.5 Å². The van der Waals surface area contributed by atoms with Gasteiger partial charge in [0, 0.05) is 22.2 Å². The van der Waals surface area contributed by atoms with Crippen molar-refractivity contribution < 1.29 is 4.74 Å². The van der Waals surface area contributed by atoms with Gasteiger partial charge in [0.05, 0.1) is 31.2 Å². The van der Waals surface area contributed by atoms with Gasteiger partial charge in [0.2, 0.25) is 0 Å². The Balaban J connectivity index is 1.29. The molecule has 5 rings (SSSR count). The van der Waals surface area contributed by atoms with E-state index in [1.165, 1.54) is 10.7 Å². The van der Waals surface area contributed by atoms with Crippen molar-refractivity contribution in [3.8, 4) is 28.4 Å². The fourth-order valence-corrected chi connectivity index (χ4v) is 4.34. The molecule has 3 heterocycles. The summed E-state index contributed by atoms with van der Waals surface area (Å²) in [7, 11) is 0. The summed E-state index contributed by atoms with van der Waals surface area (Å²) in [6.45, 7) is 3.12. The Morgan fingerprint density at radius 2 is 1.74 bits per heavy atom. The number of halogens is 1. The molecule has 1 aliphatic rings. The van der Waals surface area contributed by atoms with Crippen LogP contribution in [0, 0.1) is 5.92 Å². The second-order valence-corrected chi connectivity index (χ2v) is 9.11. The largest absolute Gasteiger partial charge is 0.490 e. The second-order valence-electron chi connectivity index (χ2n) is 8.67. The highest BCUT2D eigenvalue weighted by Gasteiger charge is 2.14. The number of rotatable bonds is 7. The number of aromatic nitrogens is 4. The van der Waals surface area contributed by atoms with Crippen LogP contribution in [0.15, 0.2) is 77.9 Å². The Hall–Kier alpha value is -3.55. The number of nitrogens with zero attached hydrogens (tertiary/aromatic N) is 4. The first-order valence-electron chi connectivity index (χ1n) is 11.7. The molecule has 0 atom stereocenters. The van der Waals surface area contributed by atoms with Gasteiger partial charge < -0.3 is 10.1 Å². The fourth-order valence-electron chi connectivity index (χ4n) is 4.15. The van der Waals surface area contributed by atoms with Gasteiger partial charge in [0.15, 0.2) is 11.6 Å². The summed E-state index contributed by atoms with van der Waals surface area (Å²) < 4.78 is 7.35. The molecule has 1 saturated heterocycles. The molecular formula is C27H26ClN5O2. The Labute approximate surface area is 208 Å². The van der Waals surface area contributed by atoms with Crippen LogP contribution in [0.1, 0.15) is 18.4 Å². The Kier molecular flexibility index (Phi) is 7.16. The Morgan fingerprint density at radius 1 is 0.971 bits per heavy atom. The van der Waals surface area contributed by atoms with Gasteiger partial charge in [-0.05, 0) is 61.7 Å². The highest BCUT2D eigenvalue weighted by molar-refractivity contribution is 6.30. The summed E-state index contributed by atoms with van der Waals surface area (Å²) in [5, 5.41) is 8.53. The lowest BCUT2D eigenvalue weighted by atomic mass is 9.99. The van der Waals surface area contributed by atoms with E-state index in [-0.39, 0.29) is 5.56 Å². The van der Waals surface area contributed by atoms with E-state index in [0.717, 1.165) is 42.6 Å². The Bertz CT molecular complexity index is 1350. The van der Waals surface area contributed by atoms with E-state index in [2.05, 4.69) is 20.4 Å². The summed E-state index contributed by atoms with van der Waals surface area (Å²) in [6, 6.07) is 18.5. The number of hydrogen-bond donors (Lipinski definition) is 1. The maximum Gasteiger partial charge on any atom is 0.267 e. The highest BCUT2D eigenvalue weighted by Crippen LogP contribution is 2.21. The topological polar surface area (TPSA) is 81.9 Å². The van der Waals surface area contributed by atoms with Crippen molar-refractivity contribution in [3.63, 3.8) is 0 Å². The first-order valence-corrected chi connectivity index (χ1v) is 12.1. The summed E-state index contributed by atoms with van der Waals surface area (Å²) >= 11 is 6.12. The van der Waals surface area contributed by atoms with Crippen LogP contribution >= 0.6 is 11.6 Å². The maximum absolute atomic E-state index is 12.5. The van der Waals surface area contributed by atoms with Crippen LogP contribution in [0.4, 0.5) is 0 Å². The molecule has 0 unspecified atom stereocenters. The summed E-state index contributed by atoms with van der Waals surface area (Å²) in [6.07, 6.45) is 5.70. The fraction of sp³-hybridized carbons (Fsp3) is 0.259. The molecule has 1 N–H and O–H groups in total. The van der Waals surface area contributed by atoms with Crippen molar-refractivity contribution in [3.05, 3.63) is 94.0 Å². The lowest BCUT2D eigenvalue weighted by molar-refractivity contribution is 0.214. The van der Waals surface area contributed by atoms with Crippen molar-refractivity contribution in [1.29, 1.82) is 0 Å². The van der Waals surface area contributed by atoms with E-state index in [4.69, 9.17) is 16.3 Å². The van der Waals surface area contributed by atoms with E-state index < -0.39 is 0 Å². The molecule has 178 valence electrons. The second kappa shape index (κ2) is 10.8. The lowest BCUT2D eigenvalue weighted by Gasteiger charge is -2.22. The van der Waals surface area contributed by atoms with Gasteiger partial charge in [0.1, 0.15) is 0 Å². The molecule has 0 radical (unpaired) electrons. The van der Waals surface area contributed by atoms with E-state index in [1.807, 2.05) is 48.5 Å². The van der Waals surface area contributed by atoms with Crippen LogP contribution in [0.3, 0.4) is 0 Å². The van der Waals surface area contributed by atoms with Crippen LogP contribution in [-0.4, -0.2) is 39.4 Å². The molecule has 35 heavy (non-hydrogen) atoms. The van der Waals surface area contributed by atoms with Crippen molar-refractivity contribution >= 4 is 11.6 Å². The van der Waals surface area contributed by atoms with Crippen LogP contribution in [0.2, 0.25) is 5.02 Å². The van der Waals surface area contributed by atoms with Crippen molar-refractivity contribution in [1.82, 2.24) is 25.1 Å². The molecule has 8 heteroatoms.